The smallest absolute Gasteiger partial charge is 0.232 e. The highest BCUT2D eigenvalue weighted by Crippen LogP contribution is 2.40. The molecule has 2 N–H and O–H groups in total. The molecule has 1 heterocycles. The molecule has 8 nitrogen and oxygen atoms in total. The Hall–Kier alpha value is -2.68. The maximum Gasteiger partial charge on any atom is 0.232 e. The molecular weight excluding hydrogens is 370 g/mol. The summed E-state index contributed by atoms with van der Waals surface area (Å²) in [6, 6.07) is 6.84. The quantitative estimate of drug-likeness (QED) is 0.636. The highest BCUT2D eigenvalue weighted by molar-refractivity contribution is 7.92. The fourth-order valence-corrected chi connectivity index (χ4v) is 3.64. The summed E-state index contributed by atoms with van der Waals surface area (Å²) in [5.74, 6) is 2.16. The molecule has 9 heteroatoms. The number of hydrogen-bond donors (Lipinski definition) is 2. The Morgan fingerprint density at radius 3 is 2.15 bits per heavy atom. The third kappa shape index (κ3) is 5.65. The summed E-state index contributed by atoms with van der Waals surface area (Å²) in [6.45, 7) is 1.95. The number of ether oxygens (including phenoxy) is 3. The van der Waals surface area contributed by atoms with Gasteiger partial charge in [0.15, 0.2) is 11.5 Å². The summed E-state index contributed by atoms with van der Waals surface area (Å²) in [4.78, 5) is 4.24. The van der Waals surface area contributed by atoms with E-state index in [1.54, 1.807) is 38.5 Å². The number of rotatable bonds is 10. The molecule has 27 heavy (non-hydrogen) atoms. The Bertz CT molecular complexity index is 829. The fourth-order valence-electron chi connectivity index (χ4n) is 2.39. The number of aromatic nitrogens is 1. The second kappa shape index (κ2) is 9.31. The lowest BCUT2D eigenvalue weighted by Gasteiger charge is -2.15. The van der Waals surface area contributed by atoms with Crippen LogP contribution in [0.1, 0.15) is 19.8 Å². The van der Waals surface area contributed by atoms with E-state index < -0.39 is 10.0 Å². The molecule has 0 aliphatic carbocycles. The molecule has 1 aromatic carbocycles. The van der Waals surface area contributed by atoms with Gasteiger partial charge >= 0.3 is 0 Å². The van der Waals surface area contributed by atoms with Gasteiger partial charge in [0.25, 0.3) is 0 Å². The van der Waals surface area contributed by atoms with Crippen LogP contribution < -0.4 is 24.2 Å². The van der Waals surface area contributed by atoms with E-state index in [1.165, 1.54) is 13.3 Å². The van der Waals surface area contributed by atoms with Crippen molar-refractivity contribution in [3.05, 3.63) is 30.5 Å². The van der Waals surface area contributed by atoms with Gasteiger partial charge in [0.05, 0.1) is 39.0 Å². The molecule has 0 saturated heterocycles. The molecule has 2 aromatic rings. The van der Waals surface area contributed by atoms with Crippen molar-refractivity contribution in [2.45, 2.75) is 19.8 Å². The first-order chi connectivity index (χ1) is 12.9. The Labute approximate surface area is 159 Å². The maximum atomic E-state index is 11.9. The van der Waals surface area contributed by atoms with E-state index in [1.807, 2.05) is 6.92 Å². The fraction of sp³-hybridized carbons (Fsp3) is 0.389. The number of pyridine rings is 1. The molecule has 0 bridgehead atoms. The largest absolute Gasteiger partial charge is 0.493 e. The van der Waals surface area contributed by atoms with Crippen molar-refractivity contribution in [3.8, 4) is 17.2 Å². The summed E-state index contributed by atoms with van der Waals surface area (Å²) in [6.07, 6.45) is 2.89. The molecule has 0 saturated carbocycles. The Morgan fingerprint density at radius 1 is 1.00 bits per heavy atom. The molecule has 0 atom stereocenters. The summed E-state index contributed by atoms with van der Waals surface area (Å²) in [5, 5.41) is 3.13. The normalized spacial score (nSPS) is 11.0. The number of unbranched alkanes of at least 4 members (excludes halogenated alkanes) is 1. The first-order valence-corrected chi connectivity index (χ1v) is 10.1. The van der Waals surface area contributed by atoms with Gasteiger partial charge in [-0.2, -0.15) is 0 Å². The molecule has 0 amide bonds. The predicted molar refractivity (Wildman–Crippen MR) is 106 cm³/mol. The maximum absolute atomic E-state index is 11.9. The number of hydrogen-bond acceptors (Lipinski definition) is 7. The summed E-state index contributed by atoms with van der Waals surface area (Å²) < 4.78 is 42.3. The van der Waals surface area contributed by atoms with Crippen LogP contribution in [0, 0.1) is 0 Å². The van der Waals surface area contributed by atoms with Crippen molar-refractivity contribution < 1.29 is 22.6 Å². The van der Waals surface area contributed by atoms with Crippen LogP contribution in [-0.2, 0) is 10.0 Å². The Balaban J connectivity index is 2.15. The number of nitrogens with zero attached hydrogens (tertiary/aromatic N) is 1. The molecular formula is C18H25N3O5S. The number of methoxy groups -OCH3 is 3. The lowest BCUT2D eigenvalue weighted by molar-refractivity contribution is 0.324. The molecule has 2 rings (SSSR count). The van der Waals surface area contributed by atoms with Crippen LogP contribution in [0.3, 0.4) is 0 Å². The molecule has 0 unspecified atom stereocenters. The van der Waals surface area contributed by atoms with Crippen molar-refractivity contribution >= 4 is 27.2 Å². The van der Waals surface area contributed by atoms with Gasteiger partial charge in [-0.3, -0.25) is 4.72 Å². The van der Waals surface area contributed by atoms with Crippen LogP contribution in [0.5, 0.6) is 17.2 Å². The average molecular weight is 395 g/mol. The zero-order valence-electron chi connectivity index (χ0n) is 15.9. The van der Waals surface area contributed by atoms with Crippen LogP contribution in [0.15, 0.2) is 30.5 Å². The van der Waals surface area contributed by atoms with Gasteiger partial charge in [-0.1, -0.05) is 13.3 Å². The van der Waals surface area contributed by atoms with Gasteiger partial charge < -0.3 is 19.5 Å². The molecule has 0 aliphatic heterocycles. The Kier molecular flexibility index (Phi) is 7.12. The number of nitrogens with one attached hydrogen (secondary N) is 2. The van der Waals surface area contributed by atoms with Crippen molar-refractivity contribution in [1.82, 2.24) is 4.98 Å². The third-order valence-corrected chi connectivity index (χ3v) is 5.11. The number of sulfonamides is 1. The zero-order chi connectivity index (χ0) is 19.9. The molecule has 0 aliphatic rings. The highest BCUT2D eigenvalue weighted by Gasteiger charge is 2.14. The second-order valence-corrected chi connectivity index (χ2v) is 7.59. The minimum Gasteiger partial charge on any atom is -0.493 e. The summed E-state index contributed by atoms with van der Waals surface area (Å²) >= 11 is 0. The van der Waals surface area contributed by atoms with E-state index in [0.29, 0.717) is 40.9 Å². The van der Waals surface area contributed by atoms with Gasteiger partial charge in [-0.25, -0.2) is 13.4 Å². The first kappa shape index (κ1) is 20.6. The van der Waals surface area contributed by atoms with Gasteiger partial charge in [-0.05, 0) is 18.6 Å². The molecule has 0 fully saturated rings. The third-order valence-electron chi connectivity index (χ3n) is 3.74. The van der Waals surface area contributed by atoms with Crippen molar-refractivity contribution in [3.63, 3.8) is 0 Å². The second-order valence-electron chi connectivity index (χ2n) is 5.75. The minimum absolute atomic E-state index is 0.0922. The van der Waals surface area contributed by atoms with Crippen molar-refractivity contribution in [2.24, 2.45) is 0 Å². The predicted octanol–water partition coefficient (Wildman–Crippen LogP) is 3.39. The van der Waals surface area contributed by atoms with E-state index in [2.05, 4.69) is 15.0 Å². The lowest BCUT2D eigenvalue weighted by Crippen LogP contribution is -2.16. The van der Waals surface area contributed by atoms with Gasteiger partial charge in [0.1, 0.15) is 5.82 Å². The van der Waals surface area contributed by atoms with Crippen LogP contribution in [0.4, 0.5) is 17.2 Å². The topological polar surface area (TPSA) is 98.8 Å². The summed E-state index contributed by atoms with van der Waals surface area (Å²) in [7, 11) is 1.27. The van der Waals surface area contributed by atoms with Gasteiger partial charge in [0, 0.05) is 17.8 Å². The summed E-state index contributed by atoms with van der Waals surface area (Å²) in [5.41, 5.74) is 1.11. The van der Waals surface area contributed by atoms with Crippen LogP contribution in [0.25, 0.3) is 0 Å². The zero-order valence-corrected chi connectivity index (χ0v) is 16.7. The number of benzene rings is 1. The molecule has 0 spiro atoms. The van der Waals surface area contributed by atoms with Crippen LogP contribution in [0.2, 0.25) is 0 Å². The van der Waals surface area contributed by atoms with Crippen LogP contribution in [-0.4, -0.2) is 40.5 Å². The lowest BCUT2D eigenvalue weighted by atomic mass is 10.2. The van der Waals surface area contributed by atoms with E-state index >= 15 is 0 Å². The first-order valence-electron chi connectivity index (χ1n) is 8.46. The van der Waals surface area contributed by atoms with Crippen molar-refractivity contribution in [1.29, 1.82) is 0 Å². The standard InChI is InChI=1S/C18H25N3O5S/c1-5-6-9-27(22,23)21-13-7-8-17(19-12-13)20-14-10-15(24-2)18(26-4)16(11-14)25-3/h7-8,10-12,21H,5-6,9H2,1-4H3,(H,19,20). The Morgan fingerprint density at radius 2 is 1.67 bits per heavy atom. The van der Waals surface area contributed by atoms with E-state index in [9.17, 15) is 8.42 Å². The van der Waals surface area contributed by atoms with Crippen molar-refractivity contribution in [2.75, 3.05) is 37.1 Å². The molecule has 0 radical (unpaired) electrons. The SMILES string of the molecule is CCCCS(=O)(=O)Nc1ccc(Nc2cc(OC)c(OC)c(OC)c2)nc1. The monoisotopic (exact) mass is 395 g/mol. The van der Waals surface area contributed by atoms with Gasteiger partial charge in [-0.15, -0.1) is 0 Å². The van der Waals surface area contributed by atoms with E-state index in [-0.39, 0.29) is 5.75 Å². The highest BCUT2D eigenvalue weighted by atomic mass is 32.2. The number of anilines is 3. The van der Waals surface area contributed by atoms with Gasteiger partial charge in [0.2, 0.25) is 15.8 Å². The van der Waals surface area contributed by atoms with Crippen LogP contribution >= 0.6 is 0 Å². The minimum atomic E-state index is -3.35. The molecule has 1 aromatic heterocycles. The molecule has 148 valence electrons. The van der Waals surface area contributed by atoms with E-state index in [0.717, 1.165) is 6.42 Å². The average Bonchev–Trinajstić information content (AvgIpc) is 2.66. The van der Waals surface area contributed by atoms with E-state index in [4.69, 9.17) is 14.2 Å².